The second-order valence-corrected chi connectivity index (χ2v) is 3.65. The zero-order valence-corrected chi connectivity index (χ0v) is 8.71. The van der Waals surface area contributed by atoms with Crippen molar-refractivity contribution < 1.29 is 33.0 Å². The second-order valence-electron chi connectivity index (χ2n) is 1.93. The van der Waals surface area contributed by atoms with Gasteiger partial charge in [0, 0.05) is 20.4 Å². The van der Waals surface area contributed by atoms with Crippen LogP contribution in [0.15, 0.2) is 35.2 Å². The normalized spacial score (nSPS) is 10.4. The Hall–Kier alpha value is -0.208. The largest absolute Gasteiger partial charge is 0.296 e. The number of benzene rings is 1. The molecule has 0 unspecified atom stereocenters. The van der Waals surface area contributed by atoms with Crippen LogP contribution < -0.4 is 0 Å². The van der Waals surface area contributed by atoms with Crippen LogP contribution in [0.4, 0.5) is 0 Å². The Morgan fingerprint density at radius 1 is 1.17 bits per heavy atom. The van der Waals surface area contributed by atoms with Gasteiger partial charge >= 0.3 is 0 Å². The number of hydrogen-bond donors (Lipinski definition) is 0. The van der Waals surface area contributed by atoms with Crippen molar-refractivity contribution in [2.45, 2.75) is 4.90 Å². The summed E-state index contributed by atoms with van der Waals surface area (Å²) in [6, 6.07) is 8.00. The van der Waals surface area contributed by atoms with Gasteiger partial charge in [-0.25, -0.2) is 0 Å². The summed E-state index contributed by atoms with van der Waals surface area (Å²) in [7, 11) is -2.36. The van der Waals surface area contributed by atoms with Gasteiger partial charge in [-0.3, -0.25) is 4.18 Å². The molecule has 0 fully saturated rings. The first-order valence-electron chi connectivity index (χ1n) is 3.02. The Kier molecular flexibility index (Phi) is 4.65. The van der Waals surface area contributed by atoms with E-state index in [1.165, 1.54) is 12.1 Å². The molecule has 3 nitrogen and oxygen atoms in total. The van der Waals surface area contributed by atoms with Gasteiger partial charge in [0.2, 0.25) is 0 Å². The van der Waals surface area contributed by atoms with E-state index in [9.17, 15) is 8.42 Å². The summed E-state index contributed by atoms with van der Waals surface area (Å²) in [6.45, 7) is 0. The Labute approximate surface area is 85.5 Å². The average molecular weight is 279 g/mol. The molecule has 0 amide bonds. The summed E-state index contributed by atoms with van der Waals surface area (Å²) in [4.78, 5) is 0.183. The topological polar surface area (TPSA) is 43.4 Å². The standard InChI is InChI=1S/C7H8O3S.Pd/c1-10-11(8,9)7-5-3-2-4-6-7;/h2-6H,1H3;. The van der Waals surface area contributed by atoms with E-state index in [0.29, 0.717) is 0 Å². The van der Waals surface area contributed by atoms with E-state index in [2.05, 4.69) is 4.18 Å². The molecule has 0 heterocycles. The van der Waals surface area contributed by atoms with Crippen LogP contribution in [0.2, 0.25) is 0 Å². The molecule has 70 valence electrons. The first-order valence-corrected chi connectivity index (χ1v) is 4.43. The minimum Gasteiger partial charge on any atom is -0.270 e. The van der Waals surface area contributed by atoms with Gasteiger partial charge in [-0.05, 0) is 12.1 Å². The minimum atomic E-state index is -3.50. The maximum Gasteiger partial charge on any atom is 0.296 e. The van der Waals surface area contributed by atoms with Crippen molar-refractivity contribution in [1.82, 2.24) is 0 Å². The molecule has 0 aliphatic heterocycles. The third-order valence-corrected chi connectivity index (χ3v) is 2.54. The summed E-state index contributed by atoms with van der Waals surface area (Å²) >= 11 is 0. The van der Waals surface area contributed by atoms with Crippen molar-refractivity contribution >= 4 is 10.1 Å². The minimum absolute atomic E-state index is 0. The Morgan fingerprint density at radius 3 is 2.08 bits per heavy atom. The average Bonchev–Trinajstić information content (AvgIpc) is 2.06. The summed E-state index contributed by atoms with van der Waals surface area (Å²) < 4.78 is 26.3. The molecule has 0 spiro atoms. The van der Waals surface area contributed by atoms with Crippen molar-refractivity contribution in [2.75, 3.05) is 7.11 Å². The number of hydrogen-bond acceptors (Lipinski definition) is 3. The molecule has 0 saturated carbocycles. The predicted octanol–water partition coefficient (Wildman–Crippen LogP) is 1.02. The van der Waals surface area contributed by atoms with Crippen molar-refractivity contribution in [1.29, 1.82) is 0 Å². The van der Waals surface area contributed by atoms with E-state index in [4.69, 9.17) is 0 Å². The third kappa shape index (κ3) is 2.68. The van der Waals surface area contributed by atoms with Crippen molar-refractivity contribution in [3.05, 3.63) is 30.3 Å². The quantitative estimate of drug-likeness (QED) is 0.599. The van der Waals surface area contributed by atoms with Gasteiger partial charge in [0.25, 0.3) is 10.1 Å². The summed E-state index contributed by atoms with van der Waals surface area (Å²) in [5.41, 5.74) is 0. The van der Waals surface area contributed by atoms with E-state index < -0.39 is 10.1 Å². The fraction of sp³-hybridized carbons (Fsp3) is 0.143. The molecule has 0 aliphatic rings. The molecule has 0 N–H and O–H groups in total. The molecule has 1 rings (SSSR count). The monoisotopic (exact) mass is 278 g/mol. The zero-order valence-electron chi connectivity index (χ0n) is 6.34. The van der Waals surface area contributed by atoms with Crippen LogP contribution in [0.1, 0.15) is 0 Å². The molecule has 0 saturated heterocycles. The van der Waals surface area contributed by atoms with Crippen LogP contribution >= 0.6 is 0 Å². The Morgan fingerprint density at radius 2 is 1.67 bits per heavy atom. The van der Waals surface area contributed by atoms with E-state index in [1.54, 1.807) is 18.2 Å². The molecule has 0 aliphatic carbocycles. The molecule has 12 heavy (non-hydrogen) atoms. The zero-order chi connectivity index (χ0) is 8.32. The SMILES string of the molecule is COS(=O)(=O)c1ccccc1.[Pd]. The van der Waals surface area contributed by atoms with Crippen LogP contribution in [-0.2, 0) is 34.7 Å². The molecular weight excluding hydrogens is 271 g/mol. The Balaban J connectivity index is 0.00000121. The van der Waals surface area contributed by atoms with Gasteiger partial charge in [-0.1, -0.05) is 18.2 Å². The van der Waals surface area contributed by atoms with Crippen molar-refractivity contribution in [3.8, 4) is 0 Å². The van der Waals surface area contributed by atoms with Crippen molar-refractivity contribution in [3.63, 3.8) is 0 Å². The van der Waals surface area contributed by atoms with Crippen LogP contribution in [0, 0.1) is 0 Å². The fourth-order valence-electron chi connectivity index (χ4n) is 0.683. The molecule has 1 aromatic rings. The maximum absolute atomic E-state index is 11.0. The fourth-order valence-corrected chi connectivity index (χ4v) is 1.37. The van der Waals surface area contributed by atoms with Gasteiger partial charge in [-0.15, -0.1) is 0 Å². The van der Waals surface area contributed by atoms with E-state index >= 15 is 0 Å². The second kappa shape index (κ2) is 4.73. The van der Waals surface area contributed by atoms with Crippen LogP contribution in [0.25, 0.3) is 0 Å². The van der Waals surface area contributed by atoms with Crippen molar-refractivity contribution in [2.24, 2.45) is 0 Å². The summed E-state index contributed by atoms with van der Waals surface area (Å²) in [6.07, 6.45) is 0. The molecule has 5 heteroatoms. The first kappa shape index (κ1) is 11.8. The molecular formula is C7H8O3PdS. The predicted molar refractivity (Wildman–Crippen MR) is 40.6 cm³/mol. The van der Waals surface area contributed by atoms with Gasteiger partial charge in [0.1, 0.15) is 0 Å². The van der Waals surface area contributed by atoms with E-state index in [1.807, 2.05) is 0 Å². The Bertz CT molecular complexity index is 320. The van der Waals surface area contributed by atoms with Gasteiger partial charge < -0.3 is 0 Å². The van der Waals surface area contributed by atoms with Gasteiger partial charge in [-0.2, -0.15) is 8.42 Å². The maximum atomic E-state index is 11.0. The van der Waals surface area contributed by atoms with E-state index in [-0.39, 0.29) is 25.3 Å². The van der Waals surface area contributed by atoms with Crippen LogP contribution in [0.3, 0.4) is 0 Å². The van der Waals surface area contributed by atoms with Gasteiger partial charge in [0.05, 0.1) is 12.0 Å². The summed E-state index contributed by atoms with van der Waals surface area (Å²) in [5, 5.41) is 0. The molecule has 0 radical (unpaired) electrons. The molecule has 0 atom stereocenters. The van der Waals surface area contributed by atoms with Crippen LogP contribution in [-0.4, -0.2) is 15.5 Å². The summed E-state index contributed by atoms with van der Waals surface area (Å²) in [5.74, 6) is 0. The number of rotatable bonds is 2. The molecule has 0 aromatic heterocycles. The van der Waals surface area contributed by atoms with Crippen LogP contribution in [0.5, 0.6) is 0 Å². The molecule has 0 bridgehead atoms. The third-order valence-electron chi connectivity index (χ3n) is 1.25. The molecule has 1 aromatic carbocycles. The smallest absolute Gasteiger partial charge is 0.270 e. The van der Waals surface area contributed by atoms with E-state index in [0.717, 1.165) is 7.11 Å². The van der Waals surface area contributed by atoms with Gasteiger partial charge in [0.15, 0.2) is 0 Å². The first-order chi connectivity index (χ1) is 5.17.